The topological polar surface area (TPSA) is 172 Å². The molecule has 3 unspecified atom stereocenters. The molecule has 11 nitrogen and oxygen atoms in total. The van der Waals surface area contributed by atoms with Gasteiger partial charge in [-0.1, -0.05) is 115 Å². The summed E-state index contributed by atoms with van der Waals surface area (Å²) in [6, 6.07) is -1.52. The number of unbranched alkanes of at least 4 members (excludes halogenated alkanes) is 15. The summed E-state index contributed by atoms with van der Waals surface area (Å²) < 4.78 is 32.5. The van der Waals surface area contributed by atoms with Crippen molar-refractivity contribution in [3.63, 3.8) is 0 Å². The lowest BCUT2D eigenvalue weighted by Gasteiger charge is -2.20. The first-order chi connectivity index (χ1) is 24.1. The average molecular weight is 730 g/mol. The van der Waals surface area contributed by atoms with Gasteiger partial charge >= 0.3 is 25.7 Å². The van der Waals surface area contributed by atoms with Gasteiger partial charge in [-0.3, -0.25) is 23.4 Å². The van der Waals surface area contributed by atoms with Crippen molar-refractivity contribution in [1.29, 1.82) is 0 Å². The van der Waals surface area contributed by atoms with Crippen molar-refractivity contribution in [2.24, 2.45) is 5.73 Å². The van der Waals surface area contributed by atoms with Gasteiger partial charge in [0.2, 0.25) is 0 Å². The first kappa shape index (κ1) is 47.7. The molecule has 0 spiro atoms. The van der Waals surface area contributed by atoms with Crippen molar-refractivity contribution in [2.45, 2.75) is 167 Å². The number of carbonyl (C=O) groups excluding carboxylic acids is 2. The van der Waals surface area contributed by atoms with E-state index in [4.69, 9.17) is 24.8 Å². The van der Waals surface area contributed by atoms with Crippen molar-refractivity contribution in [3.05, 3.63) is 36.5 Å². The average Bonchev–Trinajstić information content (AvgIpc) is 3.09. The molecule has 0 aromatic heterocycles. The van der Waals surface area contributed by atoms with Gasteiger partial charge < -0.3 is 25.2 Å². The van der Waals surface area contributed by atoms with E-state index in [1.165, 1.54) is 32.1 Å². The molecule has 0 amide bonds. The predicted octanol–water partition coefficient (Wildman–Crippen LogP) is 9.28. The van der Waals surface area contributed by atoms with Gasteiger partial charge in [0.15, 0.2) is 6.10 Å². The highest BCUT2D eigenvalue weighted by Gasteiger charge is 2.28. The third-order valence-corrected chi connectivity index (χ3v) is 8.81. The third-order valence-electron chi connectivity index (χ3n) is 7.86. The van der Waals surface area contributed by atoms with E-state index >= 15 is 0 Å². The quantitative estimate of drug-likeness (QED) is 0.0246. The normalized spacial score (nSPS) is 14.3. The van der Waals surface area contributed by atoms with Crippen LogP contribution in [0.5, 0.6) is 0 Å². The Morgan fingerprint density at radius 3 is 1.64 bits per heavy atom. The second-order valence-electron chi connectivity index (χ2n) is 12.7. The molecule has 0 aromatic rings. The SMILES string of the molecule is CCCCC=CCCCCCCCC(=O)OCC(COP(=O)(O)OCC(N)C(=O)O)OC(=O)CCCCCCCC=CCC=CCCCCC. The van der Waals surface area contributed by atoms with Gasteiger partial charge in [0.1, 0.15) is 12.6 Å². The second-order valence-corrected chi connectivity index (χ2v) is 14.2. The molecule has 0 aliphatic rings. The van der Waals surface area contributed by atoms with Crippen LogP contribution in [0.1, 0.15) is 155 Å². The molecule has 0 heterocycles. The summed E-state index contributed by atoms with van der Waals surface area (Å²) in [5.41, 5.74) is 5.31. The Bertz CT molecular complexity index is 1000. The van der Waals surface area contributed by atoms with E-state index in [0.717, 1.165) is 83.5 Å². The summed E-state index contributed by atoms with van der Waals surface area (Å²) in [7, 11) is -4.71. The van der Waals surface area contributed by atoms with E-state index in [1.54, 1.807) is 0 Å². The van der Waals surface area contributed by atoms with Crippen LogP contribution in [0, 0.1) is 0 Å². The Balaban J connectivity index is 4.48. The Morgan fingerprint density at radius 2 is 1.08 bits per heavy atom. The van der Waals surface area contributed by atoms with Crippen LogP contribution in [-0.2, 0) is 37.5 Å². The van der Waals surface area contributed by atoms with Crippen molar-refractivity contribution in [1.82, 2.24) is 0 Å². The van der Waals surface area contributed by atoms with Gasteiger partial charge in [0.05, 0.1) is 13.2 Å². The summed E-state index contributed by atoms with van der Waals surface area (Å²) in [4.78, 5) is 45.7. The maximum Gasteiger partial charge on any atom is 0.472 e. The molecule has 50 heavy (non-hydrogen) atoms. The fraction of sp³-hybridized carbons (Fsp3) is 0.763. The molecular formula is C38H68NO10P. The van der Waals surface area contributed by atoms with Crippen LogP contribution in [0.2, 0.25) is 0 Å². The molecule has 4 N–H and O–H groups in total. The molecule has 0 bridgehead atoms. The number of nitrogens with two attached hydrogens (primary N) is 1. The van der Waals surface area contributed by atoms with E-state index < -0.39 is 51.1 Å². The molecule has 0 saturated heterocycles. The summed E-state index contributed by atoms with van der Waals surface area (Å²) in [5.74, 6) is -2.41. The van der Waals surface area contributed by atoms with Gasteiger partial charge in [-0.05, 0) is 64.2 Å². The van der Waals surface area contributed by atoms with E-state index in [9.17, 15) is 23.8 Å². The fourth-order valence-electron chi connectivity index (χ4n) is 4.78. The number of phosphoric acid groups is 1. The van der Waals surface area contributed by atoms with Crippen LogP contribution in [0.4, 0.5) is 0 Å². The summed E-state index contributed by atoms with van der Waals surface area (Å²) in [5, 5.41) is 8.85. The number of esters is 2. The lowest BCUT2D eigenvalue weighted by Crippen LogP contribution is -2.34. The molecule has 0 radical (unpaired) electrons. The van der Waals surface area contributed by atoms with E-state index in [0.29, 0.717) is 12.8 Å². The molecule has 0 aromatic carbocycles. The number of hydrogen-bond acceptors (Lipinski definition) is 9. The standard InChI is InChI=1S/C38H68NO10P/c1-3-5-7-9-11-13-15-16-17-18-20-22-24-26-28-30-37(41)49-34(32-47-50(44,45)48-33-35(39)38(42)43)31-46-36(40)29-27-25-23-21-19-14-12-10-8-6-4-2/h10-13,16-17,34-35H,3-9,14-15,18-33,39H2,1-2H3,(H,42,43)(H,44,45). The number of carbonyl (C=O) groups is 3. The van der Waals surface area contributed by atoms with Gasteiger partial charge in [-0.15, -0.1) is 0 Å². The molecule has 0 aliphatic carbocycles. The Labute approximate surface area is 302 Å². The van der Waals surface area contributed by atoms with Crippen LogP contribution in [0.15, 0.2) is 36.5 Å². The zero-order chi connectivity index (χ0) is 37.1. The predicted molar refractivity (Wildman–Crippen MR) is 199 cm³/mol. The highest BCUT2D eigenvalue weighted by molar-refractivity contribution is 7.47. The molecule has 3 atom stereocenters. The minimum atomic E-state index is -4.71. The van der Waals surface area contributed by atoms with Gasteiger partial charge in [-0.25, -0.2) is 4.57 Å². The number of aliphatic carboxylic acids is 1. The number of rotatable bonds is 35. The first-order valence-electron chi connectivity index (χ1n) is 19.0. The fourth-order valence-corrected chi connectivity index (χ4v) is 5.56. The summed E-state index contributed by atoms with van der Waals surface area (Å²) >= 11 is 0. The van der Waals surface area contributed by atoms with Crippen molar-refractivity contribution >= 4 is 25.7 Å². The first-order valence-corrected chi connectivity index (χ1v) is 20.5. The lowest BCUT2D eigenvalue weighted by atomic mass is 10.1. The molecule has 290 valence electrons. The number of ether oxygens (including phenoxy) is 2. The Morgan fingerprint density at radius 1 is 0.620 bits per heavy atom. The highest BCUT2D eigenvalue weighted by Crippen LogP contribution is 2.43. The van der Waals surface area contributed by atoms with Crippen LogP contribution in [-0.4, -0.2) is 59.9 Å². The van der Waals surface area contributed by atoms with E-state index in [1.807, 2.05) is 0 Å². The highest BCUT2D eigenvalue weighted by atomic mass is 31.2. The third kappa shape index (κ3) is 32.9. The minimum Gasteiger partial charge on any atom is -0.480 e. The molecule has 12 heteroatoms. The molecular weight excluding hydrogens is 661 g/mol. The smallest absolute Gasteiger partial charge is 0.472 e. The molecule has 0 saturated carbocycles. The largest absolute Gasteiger partial charge is 0.480 e. The van der Waals surface area contributed by atoms with Gasteiger partial charge in [0, 0.05) is 12.8 Å². The Hall–Kier alpha value is -2.30. The Kier molecular flexibility index (Phi) is 32.3. The van der Waals surface area contributed by atoms with Gasteiger partial charge in [-0.2, -0.15) is 0 Å². The van der Waals surface area contributed by atoms with Gasteiger partial charge in [0.25, 0.3) is 0 Å². The van der Waals surface area contributed by atoms with Crippen LogP contribution >= 0.6 is 7.82 Å². The lowest BCUT2D eigenvalue weighted by molar-refractivity contribution is -0.161. The molecule has 0 fully saturated rings. The van der Waals surface area contributed by atoms with Crippen molar-refractivity contribution in [3.8, 4) is 0 Å². The maximum absolute atomic E-state index is 12.5. The monoisotopic (exact) mass is 729 g/mol. The van der Waals surface area contributed by atoms with Crippen LogP contribution in [0.25, 0.3) is 0 Å². The minimum absolute atomic E-state index is 0.143. The zero-order valence-corrected chi connectivity index (χ0v) is 31.9. The zero-order valence-electron chi connectivity index (χ0n) is 31.0. The number of allylic oxidation sites excluding steroid dienone is 6. The van der Waals surface area contributed by atoms with Crippen molar-refractivity contribution < 1.29 is 47.5 Å². The number of carboxylic acid groups (broad SMARTS) is 1. The summed E-state index contributed by atoms with van der Waals surface area (Å²) in [6.07, 6.45) is 33.6. The van der Waals surface area contributed by atoms with E-state index in [-0.39, 0.29) is 19.4 Å². The maximum atomic E-state index is 12.5. The summed E-state index contributed by atoms with van der Waals surface area (Å²) in [6.45, 7) is 2.69. The van der Waals surface area contributed by atoms with Crippen LogP contribution < -0.4 is 5.73 Å². The van der Waals surface area contributed by atoms with Crippen molar-refractivity contribution in [2.75, 3.05) is 19.8 Å². The number of hydrogen-bond donors (Lipinski definition) is 3. The van der Waals surface area contributed by atoms with Crippen LogP contribution in [0.3, 0.4) is 0 Å². The van der Waals surface area contributed by atoms with E-state index in [2.05, 4.69) is 54.8 Å². The number of carboxylic acids is 1. The second kappa shape index (κ2) is 33.8. The molecule has 0 aliphatic heterocycles. The number of phosphoric ester groups is 1. The molecule has 0 rings (SSSR count).